The molecule has 0 aromatic rings. The zero-order valence-electron chi connectivity index (χ0n) is 30.0. The van der Waals surface area contributed by atoms with Crippen LogP contribution >= 0.6 is 7.82 Å². The molecule has 0 aliphatic heterocycles. The first-order valence-corrected chi connectivity index (χ1v) is 20.1. The number of unbranched alkanes of at least 4 members (excludes halogenated alkanes) is 14. The fourth-order valence-corrected chi connectivity index (χ4v) is 5.46. The Morgan fingerprint density at radius 1 is 0.638 bits per heavy atom. The molecule has 2 unspecified atom stereocenters. The number of carbonyl (C=O) groups excluding carboxylic acids is 1. The first-order valence-electron chi connectivity index (χ1n) is 18.6. The number of phosphoric acid groups is 1. The van der Waals surface area contributed by atoms with Gasteiger partial charge in [0.25, 0.3) is 0 Å². The molecule has 0 heterocycles. The Labute approximate surface area is 288 Å². The van der Waals surface area contributed by atoms with Crippen molar-refractivity contribution in [1.29, 1.82) is 0 Å². The number of nitrogens with two attached hydrogens (primary N) is 1. The smallest absolute Gasteiger partial charge is 0.457 e. The predicted molar refractivity (Wildman–Crippen MR) is 196 cm³/mol. The van der Waals surface area contributed by atoms with Crippen LogP contribution in [0.5, 0.6) is 0 Å². The van der Waals surface area contributed by atoms with E-state index in [4.69, 9.17) is 24.3 Å². The molecule has 8 nitrogen and oxygen atoms in total. The molecule has 2 atom stereocenters. The molecule has 0 rings (SSSR count). The van der Waals surface area contributed by atoms with Crippen molar-refractivity contribution in [2.45, 2.75) is 155 Å². The predicted octanol–water partition coefficient (Wildman–Crippen LogP) is 10.5. The van der Waals surface area contributed by atoms with Gasteiger partial charge in [0, 0.05) is 19.6 Å². The number of esters is 1. The molecule has 0 aromatic carbocycles. The van der Waals surface area contributed by atoms with Crippen LogP contribution in [0, 0.1) is 0 Å². The average molecular weight is 684 g/mol. The molecule has 0 aliphatic carbocycles. The lowest BCUT2D eigenvalue weighted by Gasteiger charge is -2.20. The second-order valence-electron chi connectivity index (χ2n) is 12.1. The van der Waals surface area contributed by atoms with Crippen LogP contribution in [0.2, 0.25) is 0 Å². The van der Waals surface area contributed by atoms with Crippen molar-refractivity contribution < 1.29 is 32.8 Å². The van der Waals surface area contributed by atoms with Crippen molar-refractivity contribution >= 4 is 13.8 Å². The molecular formula is C38H70NO7P. The summed E-state index contributed by atoms with van der Waals surface area (Å²) in [6.07, 6.45) is 39.7. The number of rotatable bonds is 35. The number of ether oxygens (including phenoxy) is 2. The Morgan fingerprint density at radius 2 is 1.17 bits per heavy atom. The van der Waals surface area contributed by atoms with Gasteiger partial charge in [0.15, 0.2) is 0 Å². The third-order valence-corrected chi connectivity index (χ3v) is 8.43. The van der Waals surface area contributed by atoms with Gasteiger partial charge in [-0.1, -0.05) is 127 Å². The first kappa shape index (κ1) is 45.5. The highest BCUT2D eigenvalue weighted by atomic mass is 31.2. The molecule has 47 heavy (non-hydrogen) atoms. The Balaban J connectivity index is 4.15. The van der Waals surface area contributed by atoms with Gasteiger partial charge in [-0.2, -0.15) is 0 Å². The zero-order valence-corrected chi connectivity index (χ0v) is 30.9. The summed E-state index contributed by atoms with van der Waals surface area (Å²) in [5, 5.41) is 0. The number of hydrogen-bond donors (Lipinski definition) is 2. The summed E-state index contributed by atoms with van der Waals surface area (Å²) in [6, 6.07) is 0. The van der Waals surface area contributed by atoms with Gasteiger partial charge >= 0.3 is 13.8 Å². The second-order valence-corrected chi connectivity index (χ2v) is 13.5. The summed E-state index contributed by atoms with van der Waals surface area (Å²) in [4.78, 5) is 22.3. The number of allylic oxidation sites excluding steroid dienone is 8. The van der Waals surface area contributed by atoms with Crippen molar-refractivity contribution in [2.75, 3.05) is 33.0 Å². The molecule has 0 bridgehead atoms. The van der Waals surface area contributed by atoms with E-state index in [2.05, 4.69) is 62.5 Å². The zero-order chi connectivity index (χ0) is 34.5. The minimum absolute atomic E-state index is 0.0942. The van der Waals surface area contributed by atoms with Crippen LogP contribution < -0.4 is 5.73 Å². The van der Waals surface area contributed by atoms with E-state index < -0.39 is 13.9 Å². The SMILES string of the molecule is CCC/C=C\C/C=C\CCCCCCCC(=O)OC(COCCCCCCCC/C=C\C/C=C\CCCC)COP(=O)(O)OCCN. The maximum atomic E-state index is 12.5. The maximum Gasteiger partial charge on any atom is 0.472 e. The van der Waals surface area contributed by atoms with Gasteiger partial charge in [0.05, 0.1) is 19.8 Å². The van der Waals surface area contributed by atoms with Gasteiger partial charge in [-0.3, -0.25) is 13.8 Å². The molecule has 0 aromatic heterocycles. The summed E-state index contributed by atoms with van der Waals surface area (Å²) < 4.78 is 33.2. The monoisotopic (exact) mass is 683 g/mol. The standard InChI is InChI=1S/C38H70NO7P/c1-3-5-7-9-11-13-15-17-18-20-22-24-26-28-30-33-43-35-37(36-45-47(41,42)44-34-32-39)46-38(40)31-29-27-25-23-21-19-16-14-12-10-8-6-4-2/h8-11,14-17,37H,3-7,12-13,18-36,39H2,1-2H3,(H,41,42)/b10-8-,11-9-,16-14-,17-15-. The molecule has 0 saturated heterocycles. The summed E-state index contributed by atoms with van der Waals surface area (Å²) in [7, 11) is -4.28. The minimum atomic E-state index is -4.28. The summed E-state index contributed by atoms with van der Waals surface area (Å²) >= 11 is 0. The molecule has 0 spiro atoms. The Morgan fingerprint density at radius 3 is 1.74 bits per heavy atom. The van der Waals surface area contributed by atoms with E-state index >= 15 is 0 Å². The van der Waals surface area contributed by atoms with E-state index in [-0.39, 0.29) is 32.3 Å². The Kier molecular flexibility index (Phi) is 34.6. The molecule has 0 fully saturated rings. The number of hydrogen-bond acceptors (Lipinski definition) is 7. The highest BCUT2D eigenvalue weighted by Crippen LogP contribution is 2.43. The third-order valence-electron chi connectivity index (χ3n) is 7.45. The van der Waals surface area contributed by atoms with E-state index in [1.54, 1.807) is 0 Å². The van der Waals surface area contributed by atoms with Crippen molar-refractivity contribution in [3.05, 3.63) is 48.6 Å². The molecular weight excluding hydrogens is 613 g/mol. The van der Waals surface area contributed by atoms with Crippen LogP contribution in [0.1, 0.15) is 149 Å². The Hall–Kier alpha value is -1.54. The van der Waals surface area contributed by atoms with Crippen LogP contribution in [0.25, 0.3) is 0 Å². The number of carbonyl (C=O) groups is 1. The lowest BCUT2D eigenvalue weighted by molar-refractivity contribution is -0.154. The van der Waals surface area contributed by atoms with Crippen molar-refractivity contribution in [2.24, 2.45) is 5.73 Å². The molecule has 0 aliphatic rings. The van der Waals surface area contributed by atoms with Gasteiger partial charge in [-0.15, -0.1) is 0 Å². The van der Waals surface area contributed by atoms with Crippen LogP contribution in [0.3, 0.4) is 0 Å². The van der Waals surface area contributed by atoms with Gasteiger partial charge in [-0.25, -0.2) is 4.57 Å². The topological polar surface area (TPSA) is 117 Å². The summed E-state index contributed by atoms with van der Waals surface area (Å²) in [6.45, 7) is 4.75. The van der Waals surface area contributed by atoms with E-state index in [0.29, 0.717) is 13.0 Å². The first-order chi connectivity index (χ1) is 22.9. The molecule has 274 valence electrons. The lowest BCUT2D eigenvalue weighted by atomic mass is 10.1. The quantitative estimate of drug-likeness (QED) is 0.0293. The van der Waals surface area contributed by atoms with Gasteiger partial charge < -0.3 is 20.1 Å². The van der Waals surface area contributed by atoms with Crippen molar-refractivity contribution in [1.82, 2.24) is 0 Å². The van der Waals surface area contributed by atoms with E-state index in [0.717, 1.165) is 83.5 Å². The largest absolute Gasteiger partial charge is 0.472 e. The van der Waals surface area contributed by atoms with Crippen LogP contribution in [-0.4, -0.2) is 49.9 Å². The van der Waals surface area contributed by atoms with Crippen LogP contribution in [0.15, 0.2) is 48.6 Å². The van der Waals surface area contributed by atoms with E-state index in [1.165, 1.54) is 44.9 Å². The Bertz CT molecular complexity index is 859. The molecule has 0 amide bonds. The lowest BCUT2D eigenvalue weighted by Crippen LogP contribution is -2.28. The van der Waals surface area contributed by atoms with E-state index in [1.807, 2.05) is 0 Å². The van der Waals surface area contributed by atoms with Gasteiger partial charge in [-0.05, 0) is 64.2 Å². The molecule has 0 radical (unpaired) electrons. The van der Waals surface area contributed by atoms with Gasteiger partial charge in [0.2, 0.25) is 0 Å². The summed E-state index contributed by atoms with van der Waals surface area (Å²) in [5.41, 5.74) is 5.35. The summed E-state index contributed by atoms with van der Waals surface area (Å²) in [5.74, 6) is -0.352. The van der Waals surface area contributed by atoms with Gasteiger partial charge in [0.1, 0.15) is 6.10 Å². The highest BCUT2D eigenvalue weighted by Gasteiger charge is 2.25. The molecule has 3 N–H and O–H groups in total. The fourth-order valence-electron chi connectivity index (χ4n) is 4.70. The van der Waals surface area contributed by atoms with E-state index in [9.17, 15) is 14.3 Å². The second kappa shape index (κ2) is 35.8. The highest BCUT2D eigenvalue weighted by molar-refractivity contribution is 7.47. The molecule has 0 saturated carbocycles. The normalized spacial score (nSPS) is 14.2. The van der Waals surface area contributed by atoms with Crippen LogP contribution in [-0.2, 0) is 27.9 Å². The minimum Gasteiger partial charge on any atom is -0.457 e. The number of phosphoric ester groups is 1. The third kappa shape index (κ3) is 35.6. The maximum absolute atomic E-state index is 12.5. The van der Waals surface area contributed by atoms with Crippen molar-refractivity contribution in [3.8, 4) is 0 Å². The fraction of sp³-hybridized carbons (Fsp3) is 0.763. The molecule has 9 heteroatoms. The average Bonchev–Trinajstić information content (AvgIpc) is 3.06. The van der Waals surface area contributed by atoms with Crippen molar-refractivity contribution in [3.63, 3.8) is 0 Å². The van der Waals surface area contributed by atoms with Crippen LogP contribution in [0.4, 0.5) is 0 Å².